The summed E-state index contributed by atoms with van der Waals surface area (Å²) < 4.78 is 7.70. The number of pyridine rings is 1. The highest BCUT2D eigenvalue weighted by atomic mass is 16.5. The van der Waals surface area contributed by atoms with Crippen LogP contribution < -0.4 is 16.2 Å². The molecular formula is C21H23N5O2. The van der Waals surface area contributed by atoms with Crippen molar-refractivity contribution in [2.75, 3.05) is 5.73 Å². The van der Waals surface area contributed by atoms with Gasteiger partial charge in [-0.2, -0.15) is 5.10 Å². The predicted octanol–water partition coefficient (Wildman–Crippen LogP) is 3.44. The summed E-state index contributed by atoms with van der Waals surface area (Å²) in [5, 5.41) is 5.58. The number of hydrogen-bond donors (Lipinski definition) is 2. The van der Waals surface area contributed by atoms with Crippen molar-refractivity contribution in [1.29, 1.82) is 0 Å². The van der Waals surface area contributed by atoms with Crippen LogP contribution in [-0.2, 0) is 0 Å². The van der Waals surface area contributed by atoms with Gasteiger partial charge in [0.2, 0.25) is 0 Å². The summed E-state index contributed by atoms with van der Waals surface area (Å²) >= 11 is 0. The Hall–Kier alpha value is -3.09. The number of fused-ring (bicyclic) bond motifs is 1. The zero-order valence-corrected chi connectivity index (χ0v) is 15.6. The van der Waals surface area contributed by atoms with Crippen LogP contribution in [0.15, 0.2) is 30.5 Å². The SMILES string of the molecule is NC(=O)c1c(-c2cnc3cc(OC4CCC4)ccc3c2)nn(C2CCC2)c1N. The van der Waals surface area contributed by atoms with Crippen LogP contribution in [0.5, 0.6) is 5.75 Å². The van der Waals surface area contributed by atoms with E-state index >= 15 is 0 Å². The van der Waals surface area contributed by atoms with Crippen LogP contribution in [-0.4, -0.2) is 26.8 Å². The van der Waals surface area contributed by atoms with Crippen molar-refractivity contribution in [2.45, 2.75) is 50.7 Å². The first-order valence-corrected chi connectivity index (χ1v) is 9.85. The van der Waals surface area contributed by atoms with Crippen molar-refractivity contribution < 1.29 is 9.53 Å². The summed E-state index contributed by atoms with van der Waals surface area (Å²) in [6.07, 6.45) is 8.69. The van der Waals surface area contributed by atoms with Gasteiger partial charge in [-0.3, -0.25) is 9.78 Å². The third kappa shape index (κ3) is 2.78. The van der Waals surface area contributed by atoms with Crippen molar-refractivity contribution in [1.82, 2.24) is 14.8 Å². The monoisotopic (exact) mass is 377 g/mol. The molecule has 2 aliphatic carbocycles. The van der Waals surface area contributed by atoms with Gasteiger partial charge < -0.3 is 16.2 Å². The number of anilines is 1. The van der Waals surface area contributed by atoms with Crippen molar-refractivity contribution in [3.63, 3.8) is 0 Å². The van der Waals surface area contributed by atoms with Crippen LogP contribution in [0.3, 0.4) is 0 Å². The molecule has 0 bridgehead atoms. The Morgan fingerprint density at radius 2 is 1.93 bits per heavy atom. The van der Waals surface area contributed by atoms with Crippen LogP contribution in [0.4, 0.5) is 5.82 Å². The summed E-state index contributed by atoms with van der Waals surface area (Å²) in [6, 6.07) is 8.10. The lowest BCUT2D eigenvalue weighted by atomic mass is 9.93. The van der Waals surface area contributed by atoms with E-state index in [0.717, 1.165) is 54.3 Å². The molecule has 0 unspecified atom stereocenters. The number of carbonyl (C=O) groups is 1. The van der Waals surface area contributed by atoms with E-state index in [0.29, 0.717) is 17.6 Å². The topological polar surface area (TPSA) is 109 Å². The largest absolute Gasteiger partial charge is 0.490 e. The smallest absolute Gasteiger partial charge is 0.254 e. The maximum Gasteiger partial charge on any atom is 0.254 e. The van der Waals surface area contributed by atoms with Crippen LogP contribution in [0.25, 0.3) is 22.2 Å². The molecule has 2 saturated carbocycles. The third-order valence-electron chi connectivity index (χ3n) is 5.90. The molecule has 1 amide bonds. The van der Waals surface area contributed by atoms with E-state index in [1.54, 1.807) is 10.9 Å². The van der Waals surface area contributed by atoms with E-state index in [2.05, 4.69) is 10.1 Å². The molecule has 2 fully saturated rings. The number of aromatic nitrogens is 3. The van der Waals surface area contributed by atoms with Crippen molar-refractivity contribution in [2.24, 2.45) is 5.73 Å². The summed E-state index contributed by atoms with van der Waals surface area (Å²) in [7, 11) is 0. The Labute approximate surface area is 162 Å². The molecule has 0 atom stereocenters. The van der Waals surface area contributed by atoms with Crippen LogP contribution in [0.1, 0.15) is 54.9 Å². The van der Waals surface area contributed by atoms with E-state index in [9.17, 15) is 4.79 Å². The zero-order chi connectivity index (χ0) is 19.3. The molecular weight excluding hydrogens is 354 g/mol. The molecule has 0 saturated heterocycles. The normalized spacial score (nSPS) is 17.3. The molecule has 5 rings (SSSR count). The highest BCUT2D eigenvalue weighted by Gasteiger charge is 2.28. The first-order valence-electron chi connectivity index (χ1n) is 9.85. The van der Waals surface area contributed by atoms with Crippen molar-refractivity contribution in [3.8, 4) is 17.0 Å². The van der Waals surface area contributed by atoms with Gasteiger partial charge in [0.05, 0.1) is 17.7 Å². The van der Waals surface area contributed by atoms with Gasteiger partial charge in [-0.05, 0) is 56.7 Å². The number of amides is 1. The van der Waals surface area contributed by atoms with Gasteiger partial charge >= 0.3 is 0 Å². The molecule has 0 aliphatic heterocycles. The average Bonchev–Trinajstić information content (AvgIpc) is 2.93. The lowest BCUT2D eigenvalue weighted by molar-refractivity contribution is 0.100. The highest BCUT2D eigenvalue weighted by Crippen LogP contribution is 2.37. The number of ether oxygens (including phenoxy) is 1. The molecule has 3 aromatic rings. The molecule has 28 heavy (non-hydrogen) atoms. The standard InChI is InChI=1S/C21H23N5O2/c22-20-18(21(23)27)19(25-26(20)14-3-1-4-14)13-9-12-7-8-16(10-17(12)24-11-13)28-15-5-2-6-15/h7-11,14-15H,1-6,22H2,(H2,23,27). The molecule has 144 valence electrons. The molecule has 0 radical (unpaired) electrons. The Bertz CT molecular complexity index is 1070. The Balaban J connectivity index is 1.53. The van der Waals surface area contributed by atoms with Crippen molar-refractivity contribution >= 4 is 22.6 Å². The second kappa shape index (κ2) is 6.51. The molecule has 2 heterocycles. The minimum atomic E-state index is -0.567. The highest BCUT2D eigenvalue weighted by molar-refractivity contribution is 6.03. The summed E-state index contributed by atoms with van der Waals surface area (Å²) in [5.74, 6) is 0.618. The molecule has 4 N–H and O–H groups in total. The lowest BCUT2D eigenvalue weighted by Gasteiger charge is -2.26. The van der Waals surface area contributed by atoms with Crippen molar-refractivity contribution in [3.05, 3.63) is 36.0 Å². The van der Waals surface area contributed by atoms with Crippen LogP contribution in [0, 0.1) is 0 Å². The fourth-order valence-corrected chi connectivity index (χ4v) is 3.79. The quantitative estimate of drug-likeness (QED) is 0.708. The second-order valence-electron chi connectivity index (χ2n) is 7.75. The van der Waals surface area contributed by atoms with Gasteiger partial charge in [-0.1, -0.05) is 0 Å². The maximum absolute atomic E-state index is 12.1. The molecule has 0 spiro atoms. The minimum absolute atomic E-state index is 0.242. The zero-order valence-electron chi connectivity index (χ0n) is 15.6. The van der Waals surface area contributed by atoms with E-state index in [1.165, 1.54) is 6.42 Å². The minimum Gasteiger partial charge on any atom is -0.490 e. The number of nitrogen functional groups attached to an aromatic ring is 1. The number of benzene rings is 1. The van der Waals surface area contributed by atoms with Gasteiger partial charge in [0.15, 0.2) is 0 Å². The summed E-state index contributed by atoms with van der Waals surface area (Å²) in [5.41, 5.74) is 14.2. The molecule has 2 aliphatic rings. The maximum atomic E-state index is 12.1. The fraction of sp³-hybridized carbons (Fsp3) is 0.381. The fourth-order valence-electron chi connectivity index (χ4n) is 3.79. The lowest BCUT2D eigenvalue weighted by Crippen LogP contribution is -2.24. The molecule has 7 nitrogen and oxygen atoms in total. The van der Waals surface area contributed by atoms with E-state index in [1.807, 2.05) is 24.3 Å². The van der Waals surface area contributed by atoms with Gasteiger partial charge in [-0.15, -0.1) is 0 Å². The molecule has 1 aromatic carbocycles. The van der Waals surface area contributed by atoms with Crippen LogP contribution in [0.2, 0.25) is 0 Å². The molecule has 2 aromatic heterocycles. The second-order valence-corrected chi connectivity index (χ2v) is 7.75. The number of carbonyl (C=O) groups excluding carboxylic acids is 1. The van der Waals surface area contributed by atoms with Gasteiger partial charge in [0.25, 0.3) is 5.91 Å². The van der Waals surface area contributed by atoms with E-state index in [-0.39, 0.29) is 11.6 Å². The summed E-state index contributed by atoms with van der Waals surface area (Å²) in [4.78, 5) is 16.6. The Morgan fingerprint density at radius 1 is 1.14 bits per heavy atom. The Kier molecular flexibility index (Phi) is 3.96. The van der Waals surface area contributed by atoms with Crippen LogP contribution >= 0.6 is 0 Å². The van der Waals surface area contributed by atoms with Gasteiger partial charge in [-0.25, -0.2) is 4.68 Å². The Morgan fingerprint density at radius 3 is 2.57 bits per heavy atom. The first kappa shape index (κ1) is 17.0. The number of nitrogens with two attached hydrogens (primary N) is 2. The summed E-state index contributed by atoms with van der Waals surface area (Å²) in [6.45, 7) is 0. The predicted molar refractivity (Wildman–Crippen MR) is 107 cm³/mol. The van der Waals surface area contributed by atoms with Gasteiger partial charge in [0, 0.05) is 23.2 Å². The van der Waals surface area contributed by atoms with E-state index < -0.39 is 5.91 Å². The number of primary amides is 1. The average molecular weight is 377 g/mol. The number of nitrogens with zero attached hydrogens (tertiary/aromatic N) is 3. The third-order valence-corrected chi connectivity index (χ3v) is 5.90. The molecule has 7 heteroatoms. The number of rotatable bonds is 5. The number of hydrogen-bond acceptors (Lipinski definition) is 5. The van der Waals surface area contributed by atoms with Gasteiger partial charge in [0.1, 0.15) is 22.8 Å². The first-order chi connectivity index (χ1) is 13.6. The van der Waals surface area contributed by atoms with E-state index in [4.69, 9.17) is 16.2 Å².